The van der Waals surface area contributed by atoms with Crippen LogP contribution in [-0.4, -0.2) is 19.5 Å². The van der Waals surface area contributed by atoms with Gasteiger partial charge in [-0.2, -0.15) is 0 Å². The lowest BCUT2D eigenvalue weighted by molar-refractivity contribution is 0.218. The first kappa shape index (κ1) is 17.6. The normalized spacial score (nSPS) is 11.6. The Kier molecular flexibility index (Phi) is 7.47. The maximum absolute atomic E-state index is 6.17. The molecule has 0 bridgehead atoms. The average Bonchev–Trinajstić information content (AvgIpc) is 2.36. The van der Waals surface area contributed by atoms with Gasteiger partial charge in [0.15, 0.2) is 0 Å². The Bertz CT molecular complexity index is 475. The highest BCUT2D eigenvalue weighted by Crippen LogP contribution is 2.52. The number of thioether (sulfide) groups is 1. The van der Waals surface area contributed by atoms with Gasteiger partial charge in [-0.15, -0.1) is 11.8 Å². The standard InChI is InChI=1S/C11H15Cl2O3PS2/c1-4-14-17(18,15-5-2)16-8-6-7-9(19-3)11(13)10(8)12/h6-7H,4-5H2,1-3H3. The minimum atomic E-state index is -2.83. The third-order valence-corrected chi connectivity index (χ3v) is 6.20. The van der Waals surface area contributed by atoms with Crippen LogP contribution in [-0.2, 0) is 20.9 Å². The van der Waals surface area contributed by atoms with Crippen LogP contribution in [0.3, 0.4) is 0 Å². The number of hydrogen-bond acceptors (Lipinski definition) is 5. The molecule has 1 aromatic rings. The van der Waals surface area contributed by atoms with Crippen molar-refractivity contribution in [2.24, 2.45) is 0 Å². The first-order chi connectivity index (χ1) is 8.97. The number of halogens is 2. The Labute approximate surface area is 133 Å². The van der Waals surface area contributed by atoms with Gasteiger partial charge in [0.1, 0.15) is 10.8 Å². The molecule has 0 aliphatic rings. The van der Waals surface area contributed by atoms with E-state index in [1.807, 2.05) is 26.2 Å². The molecule has 0 radical (unpaired) electrons. The molecule has 108 valence electrons. The van der Waals surface area contributed by atoms with Gasteiger partial charge in [-0.25, -0.2) is 0 Å². The van der Waals surface area contributed by atoms with Crippen molar-refractivity contribution in [2.45, 2.75) is 18.7 Å². The molecule has 1 rings (SSSR count). The van der Waals surface area contributed by atoms with Crippen molar-refractivity contribution in [1.82, 2.24) is 0 Å². The highest BCUT2D eigenvalue weighted by atomic mass is 35.5. The molecule has 0 aromatic heterocycles. The van der Waals surface area contributed by atoms with Crippen molar-refractivity contribution >= 4 is 53.5 Å². The fraction of sp³-hybridized carbons (Fsp3) is 0.455. The minimum absolute atomic E-state index is 0.321. The Morgan fingerprint density at radius 1 is 1.16 bits per heavy atom. The van der Waals surface area contributed by atoms with E-state index in [0.717, 1.165) is 4.90 Å². The van der Waals surface area contributed by atoms with Gasteiger partial charge in [0.2, 0.25) is 0 Å². The lowest BCUT2D eigenvalue weighted by Crippen LogP contribution is -2.02. The van der Waals surface area contributed by atoms with Gasteiger partial charge in [-0.05, 0) is 32.2 Å². The molecule has 0 heterocycles. The van der Waals surface area contributed by atoms with Gasteiger partial charge in [-0.3, -0.25) is 9.05 Å². The van der Waals surface area contributed by atoms with E-state index in [1.54, 1.807) is 6.07 Å². The fourth-order valence-electron chi connectivity index (χ4n) is 1.27. The molecule has 0 atom stereocenters. The smallest absolute Gasteiger partial charge is 0.380 e. The molecule has 3 nitrogen and oxygen atoms in total. The summed E-state index contributed by atoms with van der Waals surface area (Å²) in [6.45, 7) is 1.64. The van der Waals surface area contributed by atoms with Gasteiger partial charge in [0, 0.05) is 16.7 Å². The second-order valence-corrected chi connectivity index (χ2v) is 7.81. The summed E-state index contributed by atoms with van der Waals surface area (Å²) in [5, 5.41) is 0.767. The van der Waals surface area contributed by atoms with Crippen LogP contribution < -0.4 is 4.52 Å². The number of rotatable bonds is 7. The molecule has 0 saturated heterocycles. The highest BCUT2D eigenvalue weighted by molar-refractivity contribution is 8.07. The molecule has 0 fully saturated rings. The summed E-state index contributed by atoms with van der Waals surface area (Å²) in [6.07, 6.45) is 1.92. The van der Waals surface area contributed by atoms with E-state index >= 15 is 0 Å². The summed E-state index contributed by atoms with van der Waals surface area (Å²) in [5.41, 5.74) is 0. The molecule has 0 N–H and O–H groups in total. The second kappa shape index (κ2) is 8.08. The van der Waals surface area contributed by atoms with Crippen molar-refractivity contribution in [1.29, 1.82) is 0 Å². The molecule has 8 heteroatoms. The Morgan fingerprint density at radius 3 is 2.21 bits per heavy atom. The summed E-state index contributed by atoms with van der Waals surface area (Å²) < 4.78 is 16.4. The molecule has 0 aliphatic heterocycles. The predicted octanol–water partition coefficient (Wildman–Crippen LogP) is 5.39. The van der Waals surface area contributed by atoms with Crippen molar-refractivity contribution in [3.63, 3.8) is 0 Å². The molecule has 0 spiro atoms. The first-order valence-electron chi connectivity index (χ1n) is 5.58. The van der Waals surface area contributed by atoms with Crippen molar-refractivity contribution in [3.8, 4) is 5.75 Å². The zero-order chi connectivity index (χ0) is 14.5. The van der Waals surface area contributed by atoms with E-state index in [1.165, 1.54) is 11.8 Å². The van der Waals surface area contributed by atoms with E-state index in [2.05, 4.69) is 0 Å². The maximum Gasteiger partial charge on any atom is 0.380 e. The van der Waals surface area contributed by atoms with Crippen LogP contribution in [0.2, 0.25) is 10.0 Å². The van der Waals surface area contributed by atoms with Crippen LogP contribution in [0.1, 0.15) is 13.8 Å². The van der Waals surface area contributed by atoms with Gasteiger partial charge in [0.25, 0.3) is 0 Å². The average molecular weight is 361 g/mol. The van der Waals surface area contributed by atoms with Crippen LogP contribution in [0.4, 0.5) is 0 Å². The third-order valence-electron chi connectivity index (χ3n) is 2.02. The Morgan fingerprint density at radius 2 is 1.74 bits per heavy atom. The third kappa shape index (κ3) is 4.78. The molecule has 0 aliphatic carbocycles. The number of benzene rings is 1. The summed E-state index contributed by atoms with van der Waals surface area (Å²) in [7, 11) is 0. The maximum atomic E-state index is 6.17. The molecular formula is C11H15Cl2O3PS2. The zero-order valence-electron chi connectivity index (χ0n) is 10.8. The van der Waals surface area contributed by atoms with E-state index in [4.69, 9.17) is 48.6 Å². The molecule has 0 unspecified atom stereocenters. The summed E-state index contributed by atoms with van der Waals surface area (Å²) >= 11 is 19.1. The summed E-state index contributed by atoms with van der Waals surface area (Å²) in [6, 6.07) is 3.55. The van der Waals surface area contributed by atoms with E-state index in [9.17, 15) is 0 Å². The largest absolute Gasteiger partial charge is 0.422 e. The summed E-state index contributed by atoms with van der Waals surface area (Å²) in [4.78, 5) is 0.875. The molecular weight excluding hydrogens is 346 g/mol. The number of hydrogen-bond donors (Lipinski definition) is 0. The monoisotopic (exact) mass is 360 g/mol. The van der Waals surface area contributed by atoms with Gasteiger partial charge < -0.3 is 4.52 Å². The van der Waals surface area contributed by atoms with Crippen LogP contribution in [0.5, 0.6) is 5.75 Å². The van der Waals surface area contributed by atoms with Gasteiger partial charge in [-0.1, -0.05) is 23.2 Å². The molecule has 1 aromatic carbocycles. The second-order valence-electron chi connectivity index (χ2n) is 3.27. The van der Waals surface area contributed by atoms with E-state index in [-0.39, 0.29) is 0 Å². The van der Waals surface area contributed by atoms with Crippen LogP contribution >= 0.6 is 41.7 Å². The SMILES string of the molecule is CCOP(=S)(OCC)Oc1ccc(SC)c(Cl)c1Cl. The van der Waals surface area contributed by atoms with Crippen LogP contribution in [0.25, 0.3) is 0 Å². The van der Waals surface area contributed by atoms with E-state index < -0.39 is 6.72 Å². The molecule has 19 heavy (non-hydrogen) atoms. The lowest BCUT2D eigenvalue weighted by Gasteiger charge is -2.22. The van der Waals surface area contributed by atoms with Gasteiger partial charge >= 0.3 is 6.72 Å². The van der Waals surface area contributed by atoms with Crippen LogP contribution in [0.15, 0.2) is 17.0 Å². The molecule has 0 amide bonds. The van der Waals surface area contributed by atoms with Crippen LogP contribution in [0, 0.1) is 0 Å². The summed E-state index contributed by atoms with van der Waals surface area (Å²) in [5.74, 6) is 0.384. The quantitative estimate of drug-likeness (QED) is 0.479. The first-order valence-corrected chi connectivity index (χ1v) is 10.1. The lowest BCUT2D eigenvalue weighted by atomic mass is 10.3. The van der Waals surface area contributed by atoms with Crippen molar-refractivity contribution in [3.05, 3.63) is 22.2 Å². The topological polar surface area (TPSA) is 27.7 Å². The Hall–Kier alpha value is 0.520. The zero-order valence-corrected chi connectivity index (χ0v) is 14.9. The fourth-order valence-corrected chi connectivity index (χ4v) is 4.53. The molecule has 0 saturated carbocycles. The Balaban J connectivity index is 3.04. The minimum Gasteiger partial charge on any atom is -0.422 e. The highest BCUT2D eigenvalue weighted by Gasteiger charge is 2.23. The van der Waals surface area contributed by atoms with Crippen molar-refractivity contribution in [2.75, 3.05) is 19.5 Å². The van der Waals surface area contributed by atoms with Gasteiger partial charge in [0.05, 0.1) is 18.2 Å². The van der Waals surface area contributed by atoms with E-state index in [0.29, 0.717) is 29.0 Å². The van der Waals surface area contributed by atoms with Crippen molar-refractivity contribution < 1.29 is 13.6 Å². The predicted molar refractivity (Wildman–Crippen MR) is 86.4 cm³/mol.